The Morgan fingerprint density at radius 3 is 2.25 bits per heavy atom. The fraction of sp³-hybridized carbons (Fsp3) is 0.400. The van der Waals surface area contributed by atoms with E-state index in [0.29, 0.717) is 18.7 Å². The summed E-state index contributed by atoms with van der Waals surface area (Å²) in [5.74, 6) is 1.82. The van der Waals surface area contributed by atoms with Crippen LogP contribution in [0.5, 0.6) is 0 Å². The summed E-state index contributed by atoms with van der Waals surface area (Å²) in [7, 11) is 0. The van der Waals surface area contributed by atoms with Crippen molar-refractivity contribution in [2.45, 2.75) is 40.5 Å². The van der Waals surface area contributed by atoms with Crippen LogP contribution in [0.2, 0.25) is 0 Å². The first-order valence-electron chi connectivity index (χ1n) is 11.1. The molecule has 0 saturated carbocycles. The molecular weight excluding hydrogens is 405 g/mol. The van der Waals surface area contributed by atoms with Crippen LogP contribution in [-0.2, 0) is 0 Å². The Bertz CT molecular complexity index is 1130. The zero-order valence-corrected chi connectivity index (χ0v) is 19.4. The van der Waals surface area contributed by atoms with Crippen LogP contribution in [0, 0.1) is 26.6 Å². The van der Waals surface area contributed by atoms with Crippen LogP contribution in [0.3, 0.4) is 0 Å². The molecule has 1 saturated heterocycles. The van der Waals surface area contributed by atoms with Gasteiger partial charge in [0.2, 0.25) is 0 Å². The average Bonchev–Trinajstić information content (AvgIpc) is 3.07. The minimum atomic E-state index is -0.273. The van der Waals surface area contributed by atoms with Gasteiger partial charge in [0.25, 0.3) is 5.91 Å². The van der Waals surface area contributed by atoms with E-state index in [9.17, 15) is 9.18 Å². The van der Waals surface area contributed by atoms with Gasteiger partial charge < -0.3 is 14.4 Å². The van der Waals surface area contributed by atoms with E-state index in [2.05, 4.69) is 23.7 Å². The van der Waals surface area contributed by atoms with Crippen molar-refractivity contribution in [1.29, 1.82) is 0 Å². The second-order valence-corrected chi connectivity index (χ2v) is 8.76. The molecular formula is C25H30FN5O. The standard InChI is InChI=1S/C25H30FN5O/c1-16(2)24-27-17(3)14-23(28-24)29-10-12-30(13-11-29)25(32)22-15-18(4)31(19(22)5)21-8-6-20(26)7-9-21/h6-9,14-16H,10-13H2,1-5H3. The monoisotopic (exact) mass is 435 g/mol. The molecule has 0 aliphatic carbocycles. The number of aryl methyl sites for hydroxylation is 2. The molecule has 2 aromatic heterocycles. The third-order valence-corrected chi connectivity index (χ3v) is 6.01. The average molecular weight is 436 g/mol. The van der Waals surface area contributed by atoms with Crippen LogP contribution >= 0.6 is 0 Å². The van der Waals surface area contributed by atoms with Crippen molar-refractivity contribution in [2.24, 2.45) is 0 Å². The summed E-state index contributed by atoms with van der Waals surface area (Å²) < 4.78 is 15.3. The summed E-state index contributed by atoms with van der Waals surface area (Å²) >= 11 is 0. The number of amides is 1. The molecule has 0 spiro atoms. The van der Waals surface area contributed by atoms with Crippen molar-refractivity contribution in [1.82, 2.24) is 19.4 Å². The smallest absolute Gasteiger partial charge is 0.255 e. The number of rotatable bonds is 4. The highest BCUT2D eigenvalue weighted by Gasteiger charge is 2.26. The summed E-state index contributed by atoms with van der Waals surface area (Å²) in [5.41, 5.74) is 4.33. The van der Waals surface area contributed by atoms with E-state index in [4.69, 9.17) is 4.98 Å². The van der Waals surface area contributed by atoms with Crippen molar-refractivity contribution in [3.8, 4) is 5.69 Å². The predicted molar refractivity (Wildman–Crippen MR) is 124 cm³/mol. The van der Waals surface area contributed by atoms with Crippen molar-refractivity contribution >= 4 is 11.7 Å². The largest absolute Gasteiger partial charge is 0.353 e. The Balaban J connectivity index is 1.50. The zero-order valence-electron chi connectivity index (χ0n) is 19.4. The Kier molecular flexibility index (Phi) is 6.00. The fourth-order valence-corrected chi connectivity index (χ4v) is 4.27. The maximum absolute atomic E-state index is 13.3. The molecule has 0 bridgehead atoms. The SMILES string of the molecule is Cc1cc(N2CCN(C(=O)c3cc(C)n(-c4ccc(F)cc4)c3C)CC2)nc(C(C)C)n1. The van der Waals surface area contributed by atoms with Gasteiger partial charge in [-0.1, -0.05) is 13.8 Å². The molecule has 1 aliphatic heterocycles. The van der Waals surface area contributed by atoms with Gasteiger partial charge in [0.1, 0.15) is 17.5 Å². The molecule has 3 heterocycles. The maximum Gasteiger partial charge on any atom is 0.255 e. The number of nitrogens with zero attached hydrogens (tertiary/aromatic N) is 5. The topological polar surface area (TPSA) is 54.3 Å². The molecule has 6 nitrogen and oxygen atoms in total. The lowest BCUT2D eigenvalue weighted by Crippen LogP contribution is -2.49. The zero-order chi connectivity index (χ0) is 23.0. The molecule has 3 aromatic rings. The molecule has 0 unspecified atom stereocenters. The summed E-state index contributed by atoms with van der Waals surface area (Å²) in [4.78, 5) is 26.7. The number of halogens is 1. The van der Waals surface area contributed by atoms with E-state index in [1.54, 1.807) is 12.1 Å². The lowest BCUT2D eigenvalue weighted by molar-refractivity contribution is 0.0745. The number of hydrogen-bond donors (Lipinski definition) is 0. The van der Waals surface area contributed by atoms with Gasteiger partial charge in [-0.3, -0.25) is 4.79 Å². The second kappa shape index (κ2) is 8.73. The highest BCUT2D eigenvalue weighted by molar-refractivity contribution is 5.96. The lowest BCUT2D eigenvalue weighted by atomic mass is 10.2. The minimum Gasteiger partial charge on any atom is -0.353 e. The molecule has 1 amide bonds. The molecule has 1 aromatic carbocycles. The highest BCUT2D eigenvalue weighted by atomic mass is 19.1. The Morgan fingerprint density at radius 2 is 1.62 bits per heavy atom. The van der Waals surface area contributed by atoms with Crippen molar-refractivity contribution in [3.05, 3.63) is 70.7 Å². The predicted octanol–water partition coefficient (Wildman–Crippen LogP) is 4.42. The Morgan fingerprint density at radius 1 is 0.969 bits per heavy atom. The second-order valence-electron chi connectivity index (χ2n) is 8.76. The Labute approximate surface area is 188 Å². The number of piperazine rings is 1. The first-order valence-corrected chi connectivity index (χ1v) is 11.1. The van der Waals surface area contributed by atoms with Gasteiger partial charge in [-0.25, -0.2) is 14.4 Å². The number of carbonyl (C=O) groups excluding carboxylic acids is 1. The first kappa shape index (κ1) is 22.0. The highest BCUT2D eigenvalue weighted by Crippen LogP contribution is 2.24. The number of carbonyl (C=O) groups is 1. The molecule has 168 valence electrons. The Hall–Kier alpha value is -3.22. The summed E-state index contributed by atoms with van der Waals surface area (Å²) in [6, 6.07) is 10.3. The van der Waals surface area contributed by atoms with Gasteiger partial charge >= 0.3 is 0 Å². The van der Waals surface area contributed by atoms with E-state index >= 15 is 0 Å². The number of hydrogen-bond acceptors (Lipinski definition) is 4. The number of benzene rings is 1. The van der Waals surface area contributed by atoms with Gasteiger partial charge in [0.15, 0.2) is 0 Å². The minimum absolute atomic E-state index is 0.0350. The van der Waals surface area contributed by atoms with Gasteiger partial charge in [-0.2, -0.15) is 0 Å². The third-order valence-electron chi connectivity index (χ3n) is 6.01. The van der Waals surface area contributed by atoms with Crippen molar-refractivity contribution < 1.29 is 9.18 Å². The van der Waals surface area contributed by atoms with E-state index in [0.717, 1.165) is 47.5 Å². The van der Waals surface area contributed by atoms with E-state index in [-0.39, 0.29) is 17.6 Å². The molecule has 32 heavy (non-hydrogen) atoms. The maximum atomic E-state index is 13.3. The number of aromatic nitrogens is 3. The van der Waals surface area contributed by atoms with Gasteiger partial charge in [0.05, 0.1) is 5.56 Å². The van der Waals surface area contributed by atoms with Gasteiger partial charge in [-0.05, 0) is 51.1 Å². The summed E-state index contributed by atoms with van der Waals surface area (Å²) in [5, 5.41) is 0. The quantitative estimate of drug-likeness (QED) is 0.609. The molecule has 7 heteroatoms. The molecule has 0 radical (unpaired) electrons. The van der Waals surface area contributed by atoms with E-state index in [1.807, 2.05) is 42.4 Å². The molecule has 4 rings (SSSR count). The molecule has 1 fully saturated rings. The number of anilines is 1. The van der Waals surface area contributed by atoms with Crippen LogP contribution in [0.25, 0.3) is 5.69 Å². The van der Waals surface area contributed by atoms with E-state index < -0.39 is 0 Å². The lowest BCUT2D eigenvalue weighted by Gasteiger charge is -2.35. The third kappa shape index (κ3) is 4.24. The fourth-order valence-electron chi connectivity index (χ4n) is 4.27. The van der Waals surface area contributed by atoms with Crippen LogP contribution in [0.4, 0.5) is 10.2 Å². The van der Waals surface area contributed by atoms with E-state index in [1.165, 1.54) is 12.1 Å². The first-order chi connectivity index (χ1) is 15.2. The van der Waals surface area contributed by atoms with Crippen molar-refractivity contribution in [2.75, 3.05) is 31.1 Å². The molecule has 0 atom stereocenters. The summed E-state index contributed by atoms with van der Waals surface area (Å²) in [6.45, 7) is 12.8. The van der Waals surface area contributed by atoms with Crippen LogP contribution in [0.15, 0.2) is 36.4 Å². The molecule has 0 N–H and O–H groups in total. The van der Waals surface area contributed by atoms with Gasteiger partial charge in [-0.15, -0.1) is 0 Å². The van der Waals surface area contributed by atoms with Crippen LogP contribution in [-0.4, -0.2) is 51.5 Å². The van der Waals surface area contributed by atoms with Crippen LogP contribution in [0.1, 0.15) is 53.0 Å². The summed E-state index contributed by atoms with van der Waals surface area (Å²) in [6.07, 6.45) is 0. The van der Waals surface area contributed by atoms with Gasteiger partial charge in [0, 0.05) is 60.9 Å². The van der Waals surface area contributed by atoms with Crippen LogP contribution < -0.4 is 4.90 Å². The van der Waals surface area contributed by atoms with Crippen molar-refractivity contribution in [3.63, 3.8) is 0 Å². The molecule has 1 aliphatic rings. The normalized spacial score (nSPS) is 14.3.